The molecule has 2 aliphatic heterocycles. The molecule has 2 aliphatic rings. The topological polar surface area (TPSA) is 84.7 Å². The maximum absolute atomic E-state index is 12.5. The summed E-state index contributed by atoms with van der Waals surface area (Å²) in [5, 5.41) is 2.85. The summed E-state index contributed by atoms with van der Waals surface area (Å²) in [7, 11) is 0. The van der Waals surface area contributed by atoms with E-state index in [1.54, 1.807) is 0 Å². The van der Waals surface area contributed by atoms with Crippen molar-refractivity contribution >= 4 is 11.8 Å². The van der Waals surface area contributed by atoms with Crippen LogP contribution in [0.3, 0.4) is 0 Å². The van der Waals surface area contributed by atoms with Crippen LogP contribution in [0, 0.1) is 5.92 Å². The number of nitrogens with two attached hydrogens (primary N) is 1. The number of hydrogen-bond acceptors (Lipinski definition) is 4. The van der Waals surface area contributed by atoms with Gasteiger partial charge >= 0.3 is 0 Å². The van der Waals surface area contributed by atoms with E-state index in [1.807, 2.05) is 11.8 Å². The smallest absolute Gasteiger partial charge is 0.242 e. The minimum atomic E-state index is -0.767. The number of nitrogens with one attached hydrogen (secondary N) is 1. The molecule has 2 saturated heterocycles. The molecule has 0 aromatic rings. The van der Waals surface area contributed by atoms with Gasteiger partial charge in [0.15, 0.2) is 0 Å². The highest BCUT2D eigenvalue weighted by atomic mass is 16.5. The number of amides is 2. The van der Waals surface area contributed by atoms with Crippen molar-refractivity contribution in [2.45, 2.75) is 38.1 Å². The predicted octanol–water partition coefficient (Wildman–Crippen LogP) is -0.131. The van der Waals surface area contributed by atoms with Crippen LogP contribution in [-0.2, 0) is 14.3 Å². The summed E-state index contributed by atoms with van der Waals surface area (Å²) in [4.78, 5) is 26.1. The second kappa shape index (κ2) is 6.54. The highest BCUT2D eigenvalue weighted by Gasteiger charge is 2.40. The molecule has 20 heavy (non-hydrogen) atoms. The van der Waals surface area contributed by atoms with Gasteiger partial charge in [-0.05, 0) is 32.6 Å². The minimum absolute atomic E-state index is 0.0233. The van der Waals surface area contributed by atoms with E-state index in [0.717, 1.165) is 12.8 Å². The number of likely N-dealkylation sites (tertiary alicyclic amines) is 1. The third-order valence-electron chi connectivity index (χ3n) is 4.31. The van der Waals surface area contributed by atoms with Gasteiger partial charge in [-0.2, -0.15) is 0 Å². The molecule has 0 aliphatic carbocycles. The summed E-state index contributed by atoms with van der Waals surface area (Å²) in [5.74, 6) is 0.158. The molecule has 0 radical (unpaired) electrons. The Kier molecular flexibility index (Phi) is 4.99. The first-order chi connectivity index (χ1) is 9.57. The lowest BCUT2D eigenvalue weighted by Gasteiger charge is -2.39. The SMILES string of the molecule is CCNC(=O)C1CCN(C(=O)C2(N)CCOCC2)CC1. The number of nitrogens with zero attached hydrogens (tertiary/aromatic N) is 1. The van der Waals surface area contributed by atoms with E-state index in [-0.39, 0.29) is 17.7 Å². The zero-order valence-electron chi connectivity index (χ0n) is 12.2. The summed E-state index contributed by atoms with van der Waals surface area (Å²) in [6.45, 7) is 4.93. The van der Waals surface area contributed by atoms with Crippen molar-refractivity contribution < 1.29 is 14.3 Å². The van der Waals surface area contributed by atoms with Gasteiger partial charge in [-0.1, -0.05) is 0 Å². The molecule has 0 spiro atoms. The molecule has 0 aromatic heterocycles. The molecule has 0 unspecified atom stereocenters. The van der Waals surface area contributed by atoms with Gasteiger partial charge in [0.1, 0.15) is 0 Å². The van der Waals surface area contributed by atoms with E-state index in [1.165, 1.54) is 0 Å². The Morgan fingerprint density at radius 1 is 1.30 bits per heavy atom. The molecule has 3 N–H and O–H groups in total. The Labute approximate surface area is 120 Å². The molecule has 114 valence electrons. The molecular weight excluding hydrogens is 258 g/mol. The average Bonchev–Trinajstić information content (AvgIpc) is 2.48. The van der Waals surface area contributed by atoms with Crippen LogP contribution in [0.25, 0.3) is 0 Å². The number of rotatable bonds is 3. The van der Waals surface area contributed by atoms with Crippen LogP contribution < -0.4 is 11.1 Å². The first-order valence-corrected chi connectivity index (χ1v) is 7.50. The molecule has 2 amide bonds. The standard InChI is InChI=1S/C14H25N3O3/c1-2-16-12(18)11-3-7-17(8-4-11)13(19)14(15)5-9-20-10-6-14/h11H,2-10,15H2,1H3,(H,16,18). The Morgan fingerprint density at radius 2 is 1.90 bits per heavy atom. The molecule has 0 aromatic carbocycles. The zero-order chi connectivity index (χ0) is 14.6. The predicted molar refractivity (Wildman–Crippen MR) is 75.0 cm³/mol. The van der Waals surface area contributed by atoms with Crippen LogP contribution in [0.2, 0.25) is 0 Å². The van der Waals surface area contributed by atoms with Crippen molar-refractivity contribution in [3.8, 4) is 0 Å². The fraction of sp³-hybridized carbons (Fsp3) is 0.857. The van der Waals surface area contributed by atoms with E-state index in [2.05, 4.69) is 5.32 Å². The van der Waals surface area contributed by atoms with Crippen LogP contribution >= 0.6 is 0 Å². The largest absolute Gasteiger partial charge is 0.381 e. The molecule has 6 heteroatoms. The Morgan fingerprint density at radius 3 is 2.45 bits per heavy atom. The highest BCUT2D eigenvalue weighted by Crippen LogP contribution is 2.24. The second-order valence-corrected chi connectivity index (χ2v) is 5.73. The molecular formula is C14H25N3O3. The van der Waals surface area contributed by atoms with E-state index in [0.29, 0.717) is 45.7 Å². The molecule has 2 fully saturated rings. The van der Waals surface area contributed by atoms with Crippen molar-refractivity contribution in [3.05, 3.63) is 0 Å². The quantitative estimate of drug-likeness (QED) is 0.755. The summed E-state index contributed by atoms with van der Waals surface area (Å²) in [6, 6.07) is 0. The van der Waals surface area contributed by atoms with Gasteiger partial charge in [0, 0.05) is 38.8 Å². The van der Waals surface area contributed by atoms with E-state index < -0.39 is 5.54 Å². The van der Waals surface area contributed by atoms with E-state index >= 15 is 0 Å². The number of hydrogen-bond donors (Lipinski definition) is 2. The highest BCUT2D eigenvalue weighted by molar-refractivity contribution is 5.86. The van der Waals surface area contributed by atoms with Gasteiger partial charge in [0.25, 0.3) is 0 Å². The summed E-state index contributed by atoms with van der Waals surface area (Å²) >= 11 is 0. The monoisotopic (exact) mass is 283 g/mol. The molecule has 2 rings (SSSR count). The fourth-order valence-corrected chi connectivity index (χ4v) is 2.93. The number of carbonyl (C=O) groups excluding carboxylic acids is 2. The van der Waals surface area contributed by atoms with Crippen molar-refractivity contribution in [1.82, 2.24) is 10.2 Å². The summed E-state index contributed by atoms with van der Waals surface area (Å²) < 4.78 is 5.27. The first kappa shape index (κ1) is 15.3. The molecule has 0 saturated carbocycles. The van der Waals surface area contributed by atoms with Gasteiger partial charge in [-0.3, -0.25) is 9.59 Å². The van der Waals surface area contributed by atoms with Crippen LogP contribution in [0.1, 0.15) is 32.6 Å². The molecule has 6 nitrogen and oxygen atoms in total. The van der Waals surface area contributed by atoms with Crippen molar-refractivity contribution in [3.63, 3.8) is 0 Å². The maximum Gasteiger partial charge on any atom is 0.242 e. The van der Waals surface area contributed by atoms with Crippen LogP contribution in [0.5, 0.6) is 0 Å². The zero-order valence-corrected chi connectivity index (χ0v) is 12.2. The third-order valence-corrected chi connectivity index (χ3v) is 4.31. The van der Waals surface area contributed by atoms with E-state index in [9.17, 15) is 9.59 Å². The van der Waals surface area contributed by atoms with Crippen molar-refractivity contribution in [2.24, 2.45) is 11.7 Å². The van der Waals surface area contributed by atoms with Gasteiger partial charge in [-0.15, -0.1) is 0 Å². The Balaban J connectivity index is 1.87. The third kappa shape index (κ3) is 3.30. The van der Waals surface area contributed by atoms with Gasteiger partial charge < -0.3 is 20.7 Å². The van der Waals surface area contributed by atoms with Crippen molar-refractivity contribution in [1.29, 1.82) is 0 Å². The lowest BCUT2D eigenvalue weighted by Crippen LogP contribution is -2.59. The Hall–Kier alpha value is -1.14. The Bertz CT molecular complexity index is 359. The maximum atomic E-state index is 12.5. The van der Waals surface area contributed by atoms with Gasteiger partial charge in [-0.25, -0.2) is 0 Å². The fourth-order valence-electron chi connectivity index (χ4n) is 2.93. The number of piperidine rings is 1. The van der Waals surface area contributed by atoms with Crippen LogP contribution in [0.4, 0.5) is 0 Å². The average molecular weight is 283 g/mol. The number of carbonyl (C=O) groups is 2. The van der Waals surface area contributed by atoms with E-state index in [4.69, 9.17) is 10.5 Å². The van der Waals surface area contributed by atoms with Crippen LogP contribution in [0.15, 0.2) is 0 Å². The second-order valence-electron chi connectivity index (χ2n) is 5.73. The van der Waals surface area contributed by atoms with Gasteiger partial charge in [0.05, 0.1) is 5.54 Å². The summed E-state index contributed by atoms with van der Waals surface area (Å²) in [6.07, 6.45) is 2.62. The lowest BCUT2D eigenvalue weighted by atomic mass is 9.88. The van der Waals surface area contributed by atoms with Gasteiger partial charge in [0.2, 0.25) is 11.8 Å². The molecule has 0 bridgehead atoms. The summed E-state index contributed by atoms with van der Waals surface area (Å²) in [5.41, 5.74) is 5.46. The lowest BCUT2D eigenvalue weighted by molar-refractivity contribution is -0.143. The van der Waals surface area contributed by atoms with Crippen molar-refractivity contribution in [2.75, 3.05) is 32.8 Å². The van der Waals surface area contributed by atoms with Crippen LogP contribution in [-0.4, -0.2) is 55.1 Å². The molecule has 2 heterocycles. The molecule has 0 atom stereocenters. The first-order valence-electron chi connectivity index (χ1n) is 7.50. The number of ether oxygens (including phenoxy) is 1. The normalized spacial score (nSPS) is 23.4. The minimum Gasteiger partial charge on any atom is -0.381 e.